The minimum Gasteiger partial charge on any atom is -0.454 e. The second-order valence-corrected chi connectivity index (χ2v) is 6.12. The van der Waals surface area contributed by atoms with Gasteiger partial charge in [0.15, 0.2) is 6.10 Å². The standard InChI is InChI=1S/C21H20N2O4/c1-14(20(25)17-13-23-18-10-6-5-9-16(17)18)27-19(24)11-12-22-21(26)15-7-3-2-4-8-15/h2-10,13-14,23H,11-12H2,1H3,(H,22,26). The van der Waals surface area contributed by atoms with E-state index < -0.39 is 12.1 Å². The summed E-state index contributed by atoms with van der Waals surface area (Å²) in [5, 5.41) is 3.45. The normalized spacial score (nSPS) is 11.7. The summed E-state index contributed by atoms with van der Waals surface area (Å²) in [7, 11) is 0. The SMILES string of the molecule is CC(OC(=O)CCNC(=O)c1ccccc1)C(=O)c1c[nH]c2ccccc12. The molecule has 0 aliphatic heterocycles. The van der Waals surface area contributed by atoms with E-state index in [9.17, 15) is 14.4 Å². The van der Waals surface area contributed by atoms with Crippen molar-refractivity contribution >= 4 is 28.6 Å². The fourth-order valence-electron chi connectivity index (χ4n) is 2.77. The number of aromatic amines is 1. The second-order valence-electron chi connectivity index (χ2n) is 6.12. The highest BCUT2D eigenvalue weighted by molar-refractivity contribution is 6.10. The first-order valence-corrected chi connectivity index (χ1v) is 8.69. The number of amides is 1. The zero-order chi connectivity index (χ0) is 19.2. The molecule has 0 aliphatic rings. The quantitative estimate of drug-likeness (QED) is 0.498. The van der Waals surface area contributed by atoms with Crippen molar-refractivity contribution in [3.05, 3.63) is 71.9 Å². The fourth-order valence-corrected chi connectivity index (χ4v) is 2.77. The summed E-state index contributed by atoms with van der Waals surface area (Å²) in [6.07, 6.45) is 0.711. The van der Waals surface area contributed by atoms with Crippen molar-refractivity contribution in [1.29, 1.82) is 0 Å². The number of para-hydroxylation sites is 1. The number of fused-ring (bicyclic) bond motifs is 1. The van der Waals surface area contributed by atoms with E-state index in [1.165, 1.54) is 0 Å². The average molecular weight is 364 g/mol. The number of carbonyl (C=O) groups is 3. The van der Waals surface area contributed by atoms with Crippen LogP contribution in [0.5, 0.6) is 0 Å². The highest BCUT2D eigenvalue weighted by Crippen LogP contribution is 2.20. The zero-order valence-electron chi connectivity index (χ0n) is 14.9. The molecule has 1 aromatic heterocycles. The summed E-state index contributed by atoms with van der Waals surface area (Å²) >= 11 is 0. The molecule has 0 fully saturated rings. The molecule has 0 saturated carbocycles. The van der Waals surface area contributed by atoms with Crippen LogP contribution in [0.3, 0.4) is 0 Å². The Labute approximate surface area is 156 Å². The van der Waals surface area contributed by atoms with E-state index in [2.05, 4.69) is 10.3 Å². The van der Waals surface area contributed by atoms with Gasteiger partial charge in [-0.25, -0.2) is 0 Å². The molecule has 0 spiro atoms. The third-order valence-electron chi connectivity index (χ3n) is 4.18. The second kappa shape index (κ2) is 8.31. The number of Topliss-reactive ketones (excluding diaryl/α,β-unsaturated/α-hetero) is 1. The Morgan fingerprint density at radius 1 is 1.04 bits per heavy atom. The Kier molecular flexibility index (Phi) is 5.66. The number of H-pyrrole nitrogens is 1. The predicted molar refractivity (Wildman–Crippen MR) is 102 cm³/mol. The molecule has 2 N–H and O–H groups in total. The van der Waals surface area contributed by atoms with Gasteiger partial charge >= 0.3 is 5.97 Å². The molecule has 3 aromatic rings. The van der Waals surface area contributed by atoms with Crippen LogP contribution in [0.1, 0.15) is 34.1 Å². The Morgan fingerprint density at radius 3 is 2.52 bits per heavy atom. The molecule has 1 amide bonds. The van der Waals surface area contributed by atoms with Crippen molar-refractivity contribution in [2.24, 2.45) is 0 Å². The number of nitrogens with one attached hydrogen (secondary N) is 2. The fraction of sp³-hybridized carbons (Fsp3) is 0.190. The van der Waals surface area contributed by atoms with Gasteiger partial charge in [-0.2, -0.15) is 0 Å². The van der Waals surface area contributed by atoms with Crippen LogP contribution in [0.4, 0.5) is 0 Å². The van der Waals surface area contributed by atoms with Crippen LogP contribution in [0.15, 0.2) is 60.8 Å². The van der Waals surface area contributed by atoms with Gasteiger partial charge in [-0.15, -0.1) is 0 Å². The van der Waals surface area contributed by atoms with Crippen LogP contribution in [0, 0.1) is 0 Å². The number of hydrogen-bond acceptors (Lipinski definition) is 4. The van der Waals surface area contributed by atoms with Crippen molar-refractivity contribution in [1.82, 2.24) is 10.3 Å². The number of rotatable bonds is 7. The number of ketones is 1. The summed E-state index contributed by atoms with van der Waals surface area (Å²) in [5.41, 5.74) is 1.86. The summed E-state index contributed by atoms with van der Waals surface area (Å²) in [6.45, 7) is 1.69. The third-order valence-corrected chi connectivity index (χ3v) is 4.18. The largest absolute Gasteiger partial charge is 0.454 e. The van der Waals surface area contributed by atoms with Crippen LogP contribution >= 0.6 is 0 Å². The van der Waals surface area contributed by atoms with Gasteiger partial charge in [-0.05, 0) is 25.1 Å². The van der Waals surface area contributed by atoms with Gasteiger partial charge in [0.25, 0.3) is 5.91 Å². The van der Waals surface area contributed by atoms with Crippen molar-refractivity contribution in [2.75, 3.05) is 6.54 Å². The van der Waals surface area contributed by atoms with Gasteiger partial charge in [0.1, 0.15) is 0 Å². The monoisotopic (exact) mass is 364 g/mol. The molecule has 138 valence electrons. The van der Waals surface area contributed by atoms with E-state index >= 15 is 0 Å². The molecule has 0 bridgehead atoms. The van der Waals surface area contributed by atoms with Crippen LogP contribution in [-0.2, 0) is 9.53 Å². The molecule has 1 atom stereocenters. The van der Waals surface area contributed by atoms with Gasteiger partial charge < -0.3 is 15.0 Å². The van der Waals surface area contributed by atoms with Gasteiger partial charge in [0, 0.05) is 34.8 Å². The molecule has 6 heteroatoms. The topological polar surface area (TPSA) is 88.3 Å². The maximum Gasteiger partial charge on any atom is 0.308 e. The lowest BCUT2D eigenvalue weighted by molar-refractivity contribution is -0.146. The first-order chi connectivity index (χ1) is 13.1. The van der Waals surface area contributed by atoms with Crippen molar-refractivity contribution in [3.8, 4) is 0 Å². The van der Waals surface area contributed by atoms with Gasteiger partial charge in [-0.1, -0.05) is 36.4 Å². The highest BCUT2D eigenvalue weighted by Gasteiger charge is 2.22. The van der Waals surface area contributed by atoms with Gasteiger partial charge in [0.05, 0.1) is 6.42 Å². The Morgan fingerprint density at radius 2 is 1.74 bits per heavy atom. The summed E-state index contributed by atoms with van der Waals surface area (Å²) in [5.74, 6) is -1.07. The molecule has 3 rings (SSSR count). The van der Waals surface area contributed by atoms with E-state index in [1.54, 1.807) is 37.4 Å². The minimum atomic E-state index is -0.901. The minimum absolute atomic E-state index is 0.00984. The summed E-state index contributed by atoms with van der Waals surface area (Å²) in [6, 6.07) is 16.2. The van der Waals surface area contributed by atoms with Crippen molar-refractivity contribution in [2.45, 2.75) is 19.4 Å². The van der Waals surface area contributed by atoms with Crippen LogP contribution < -0.4 is 5.32 Å². The predicted octanol–water partition coefficient (Wildman–Crippen LogP) is 3.10. The molecule has 6 nitrogen and oxygen atoms in total. The Hall–Kier alpha value is -3.41. The Balaban J connectivity index is 1.50. The van der Waals surface area contributed by atoms with E-state index in [-0.39, 0.29) is 24.7 Å². The molecule has 27 heavy (non-hydrogen) atoms. The zero-order valence-corrected chi connectivity index (χ0v) is 14.9. The molecule has 2 aromatic carbocycles. The lowest BCUT2D eigenvalue weighted by Crippen LogP contribution is -2.29. The number of aromatic nitrogens is 1. The van der Waals surface area contributed by atoms with Crippen molar-refractivity contribution in [3.63, 3.8) is 0 Å². The third kappa shape index (κ3) is 4.41. The molecule has 1 unspecified atom stereocenters. The maximum absolute atomic E-state index is 12.6. The number of hydrogen-bond donors (Lipinski definition) is 2. The number of carbonyl (C=O) groups excluding carboxylic acids is 3. The number of ether oxygens (including phenoxy) is 1. The number of esters is 1. The summed E-state index contributed by atoms with van der Waals surface area (Å²) < 4.78 is 5.22. The first-order valence-electron chi connectivity index (χ1n) is 8.69. The first kappa shape index (κ1) is 18.4. The number of benzene rings is 2. The van der Waals surface area contributed by atoms with Gasteiger partial charge in [-0.3, -0.25) is 14.4 Å². The highest BCUT2D eigenvalue weighted by atomic mass is 16.5. The van der Waals surface area contributed by atoms with Gasteiger partial charge in [0.2, 0.25) is 5.78 Å². The average Bonchev–Trinajstić information content (AvgIpc) is 3.12. The van der Waals surface area contributed by atoms with E-state index in [0.29, 0.717) is 11.1 Å². The van der Waals surface area contributed by atoms with E-state index in [1.807, 2.05) is 30.3 Å². The van der Waals surface area contributed by atoms with Crippen LogP contribution in [-0.4, -0.2) is 35.3 Å². The maximum atomic E-state index is 12.6. The molecule has 0 saturated heterocycles. The lowest BCUT2D eigenvalue weighted by Gasteiger charge is -2.12. The lowest BCUT2D eigenvalue weighted by atomic mass is 10.1. The Bertz CT molecular complexity index is 962. The molecular weight excluding hydrogens is 344 g/mol. The molecule has 0 radical (unpaired) electrons. The van der Waals surface area contributed by atoms with E-state index in [0.717, 1.165) is 10.9 Å². The van der Waals surface area contributed by atoms with Crippen LogP contribution in [0.2, 0.25) is 0 Å². The molecule has 0 aliphatic carbocycles. The molecule has 1 heterocycles. The molecular formula is C21H20N2O4. The van der Waals surface area contributed by atoms with E-state index in [4.69, 9.17) is 4.74 Å². The smallest absolute Gasteiger partial charge is 0.308 e. The van der Waals surface area contributed by atoms with Crippen LogP contribution in [0.25, 0.3) is 10.9 Å². The van der Waals surface area contributed by atoms with Crippen molar-refractivity contribution < 1.29 is 19.1 Å². The summed E-state index contributed by atoms with van der Waals surface area (Å²) in [4.78, 5) is 39.5.